The van der Waals surface area contributed by atoms with E-state index in [2.05, 4.69) is 122 Å². The van der Waals surface area contributed by atoms with Crippen molar-refractivity contribution in [2.75, 3.05) is 0 Å². The Kier molecular flexibility index (Phi) is 8.16. The summed E-state index contributed by atoms with van der Waals surface area (Å²) in [4.78, 5) is 5.45. The normalized spacial score (nSPS) is 16.0. The third-order valence-corrected chi connectivity index (χ3v) is 9.80. The van der Waals surface area contributed by atoms with Gasteiger partial charge in [0.2, 0.25) is 0 Å². The predicted octanol–water partition coefficient (Wildman–Crippen LogP) is 9.70. The molecule has 0 bridgehead atoms. The number of benzene rings is 3. The van der Waals surface area contributed by atoms with Crippen molar-refractivity contribution in [1.29, 1.82) is 5.41 Å². The van der Waals surface area contributed by atoms with E-state index in [1.165, 1.54) is 39.7 Å². The first-order valence-electron chi connectivity index (χ1n) is 15.8. The van der Waals surface area contributed by atoms with Crippen LogP contribution in [-0.4, -0.2) is 22.5 Å². The molecule has 0 amide bonds. The second-order valence-corrected chi connectivity index (χ2v) is 14.6. The minimum atomic E-state index is -0.782. The number of aromatic nitrogens is 1. The molecule has 4 nitrogen and oxygen atoms in total. The summed E-state index contributed by atoms with van der Waals surface area (Å²) in [5, 5.41) is 22.3. The fourth-order valence-electron chi connectivity index (χ4n) is 7.03. The van der Waals surface area contributed by atoms with E-state index in [1.54, 1.807) is 6.07 Å². The van der Waals surface area contributed by atoms with Gasteiger partial charge in [-0.05, 0) is 75.4 Å². The number of hydrogen-bond donors (Lipinski definition) is 3. The van der Waals surface area contributed by atoms with Gasteiger partial charge in [-0.2, -0.15) is 0 Å². The number of phenolic OH excluding ortho intramolecular Hbond substituents is 1. The number of phenols is 1. The maximum absolute atomic E-state index is 10.9. The number of fused-ring (bicyclic) bond motifs is 3. The molecule has 5 rings (SSSR count). The van der Waals surface area contributed by atoms with Crippen molar-refractivity contribution in [3.05, 3.63) is 132 Å². The standard InChI is InChI=1S/C41H47N3O/c1-10-11-23-40(9,27(2)43-26-42)41(37-18-14-16-35(44-37)32-15-12-13-17-36(32)45)33-24-28(38(3,4)5)19-21-30(33)31-22-20-29(25-34(31)41)39(6,7)8/h10-27,45H,1H2,2-9H3,(H2,42,43)/b23-11-. The number of rotatable bonds is 8. The van der Waals surface area contributed by atoms with Gasteiger partial charge in [0.15, 0.2) is 0 Å². The molecule has 3 N–H and O–H groups in total. The molecule has 0 saturated carbocycles. The number of allylic oxidation sites excluding steroid dienone is 2. The van der Waals surface area contributed by atoms with E-state index in [1.807, 2.05) is 36.4 Å². The largest absolute Gasteiger partial charge is 0.507 e. The minimum Gasteiger partial charge on any atom is -0.507 e. The van der Waals surface area contributed by atoms with Gasteiger partial charge in [-0.3, -0.25) is 10.4 Å². The molecular formula is C41H47N3O. The number of aromatic hydroxyl groups is 1. The van der Waals surface area contributed by atoms with Gasteiger partial charge in [-0.1, -0.05) is 128 Å². The second-order valence-electron chi connectivity index (χ2n) is 14.6. The van der Waals surface area contributed by atoms with Crippen molar-refractivity contribution in [3.63, 3.8) is 0 Å². The fraction of sp³-hybridized carbons (Fsp3) is 0.317. The lowest BCUT2D eigenvalue weighted by Gasteiger charge is -2.50. The number of nitrogens with zero attached hydrogens (tertiary/aromatic N) is 1. The fourth-order valence-corrected chi connectivity index (χ4v) is 7.03. The van der Waals surface area contributed by atoms with Crippen LogP contribution in [0.5, 0.6) is 5.75 Å². The van der Waals surface area contributed by atoms with E-state index in [-0.39, 0.29) is 22.6 Å². The topological polar surface area (TPSA) is 69.0 Å². The van der Waals surface area contributed by atoms with Crippen molar-refractivity contribution in [2.45, 2.75) is 77.7 Å². The first-order valence-corrected chi connectivity index (χ1v) is 15.8. The van der Waals surface area contributed by atoms with Gasteiger partial charge in [0.25, 0.3) is 0 Å². The lowest BCUT2D eigenvalue weighted by molar-refractivity contribution is 0.226. The number of para-hydroxylation sites is 1. The zero-order chi connectivity index (χ0) is 32.8. The molecule has 0 aliphatic heterocycles. The van der Waals surface area contributed by atoms with Crippen LogP contribution < -0.4 is 5.32 Å². The third kappa shape index (κ3) is 5.20. The molecule has 45 heavy (non-hydrogen) atoms. The lowest BCUT2D eigenvalue weighted by Crippen LogP contribution is -2.54. The molecule has 0 spiro atoms. The Morgan fingerprint density at radius 2 is 1.38 bits per heavy atom. The molecule has 3 aromatic carbocycles. The highest BCUT2D eigenvalue weighted by molar-refractivity contribution is 5.85. The third-order valence-electron chi connectivity index (χ3n) is 9.80. The van der Waals surface area contributed by atoms with Gasteiger partial charge in [-0.15, -0.1) is 0 Å². The van der Waals surface area contributed by atoms with E-state index < -0.39 is 10.8 Å². The Labute approximate surface area is 269 Å². The first kappa shape index (κ1) is 32.0. The van der Waals surface area contributed by atoms with Crippen LogP contribution in [-0.2, 0) is 16.2 Å². The molecule has 0 radical (unpaired) electrons. The number of nitrogens with one attached hydrogen (secondary N) is 2. The van der Waals surface area contributed by atoms with Crippen LogP contribution in [0.15, 0.2) is 104 Å². The molecular weight excluding hydrogens is 550 g/mol. The summed E-state index contributed by atoms with van der Waals surface area (Å²) in [6.07, 6.45) is 7.37. The summed E-state index contributed by atoms with van der Waals surface area (Å²) in [6.45, 7) is 22.0. The Bertz CT molecular complexity index is 1720. The van der Waals surface area contributed by atoms with Crippen molar-refractivity contribution in [2.24, 2.45) is 5.41 Å². The summed E-state index contributed by atoms with van der Waals surface area (Å²) in [6, 6.07) is 27.2. The maximum Gasteiger partial charge on any atom is 0.124 e. The summed E-state index contributed by atoms with van der Waals surface area (Å²) >= 11 is 0. The molecule has 2 unspecified atom stereocenters. The maximum atomic E-state index is 10.9. The summed E-state index contributed by atoms with van der Waals surface area (Å²) < 4.78 is 0. The van der Waals surface area contributed by atoms with E-state index >= 15 is 0 Å². The molecule has 0 saturated heterocycles. The minimum absolute atomic E-state index is 0.0800. The second kappa shape index (κ2) is 11.5. The summed E-state index contributed by atoms with van der Waals surface area (Å²) in [5.41, 5.74) is 7.94. The Hall–Kier alpha value is -4.44. The Morgan fingerprint density at radius 1 is 0.800 bits per heavy atom. The quantitative estimate of drug-likeness (QED) is 0.108. The van der Waals surface area contributed by atoms with E-state index in [4.69, 9.17) is 10.4 Å². The lowest BCUT2D eigenvalue weighted by atomic mass is 9.54. The predicted molar refractivity (Wildman–Crippen MR) is 189 cm³/mol. The van der Waals surface area contributed by atoms with Crippen molar-refractivity contribution in [1.82, 2.24) is 10.3 Å². The van der Waals surface area contributed by atoms with Crippen LogP contribution in [0.2, 0.25) is 0 Å². The summed E-state index contributed by atoms with van der Waals surface area (Å²) in [7, 11) is 0. The molecule has 4 heteroatoms. The highest BCUT2D eigenvalue weighted by atomic mass is 16.3. The zero-order valence-electron chi connectivity index (χ0n) is 28.0. The van der Waals surface area contributed by atoms with E-state index in [0.717, 1.165) is 5.69 Å². The van der Waals surface area contributed by atoms with Gasteiger partial charge < -0.3 is 10.4 Å². The van der Waals surface area contributed by atoms with Crippen molar-refractivity contribution >= 4 is 6.34 Å². The van der Waals surface area contributed by atoms with Gasteiger partial charge in [0.05, 0.1) is 23.1 Å². The SMILES string of the molecule is C=C/C=C\C(C)(C(C)NC=N)C1(c2cccc(-c3ccccc3O)n2)c2cc(C(C)(C)C)ccc2-c2ccc(C(C)(C)C)cc21. The average Bonchev–Trinajstić information content (AvgIpc) is 3.30. The summed E-state index contributed by atoms with van der Waals surface area (Å²) in [5.74, 6) is 0.196. The Balaban J connectivity index is 2.03. The molecule has 1 aromatic heterocycles. The molecule has 0 fully saturated rings. The van der Waals surface area contributed by atoms with Crippen LogP contribution in [0.25, 0.3) is 22.4 Å². The number of hydrogen-bond acceptors (Lipinski definition) is 3. The molecule has 1 heterocycles. The van der Waals surface area contributed by atoms with Crippen LogP contribution in [0, 0.1) is 10.8 Å². The van der Waals surface area contributed by atoms with E-state index in [0.29, 0.717) is 11.3 Å². The van der Waals surface area contributed by atoms with Gasteiger partial charge in [-0.25, -0.2) is 0 Å². The van der Waals surface area contributed by atoms with Gasteiger partial charge in [0, 0.05) is 17.0 Å². The molecule has 1 aliphatic rings. The van der Waals surface area contributed by atoms with Crippen LogP contribution in [0.3, 0.4) is 0 Å². The highest BCUT2D eigenvalue weighted by Gasteiger charge is 2.59. The zero-order valence-corrected chi connectivity index (χ0v) is 28.0. The van der Waals surface area contributed by atoms with Gasteiger partial charge >= 0.3 is 0 Å². The highest BCUT2D eigenvalue weighted by Crippen LogP contribution is 2.63. The van der Waals surface area contributed by atoms with E-state index in [9.17, 15) is 5.11 Å². The van der Waals surface area contributed by atoms with Crippen molar-refractivity contribution in [3.8, 4) is 28.1 Å². The van der Waals surface area contributed by atoms with Crippen LogP contribution in [0.4, 0.5) is 0 Å². The first-order chi connectivity index (χ1) is 21.2. The smallest absolute Gasteiger partial charge is 0.124 e. The molecule has 1 aliphatic carbocycles. The Morgan fingerprint density at radius 3 is 1.89 bits per heavy atom. The molecule has 4 aromatic rings. The average molecular weight is 598 g/mol. The molecule has 232 valence electrons. The monoisotopic (exact) mass is 597 g/mol. The van der Waals surface area contributed by atoms with Crippen LogP contribution >= 0.6 is 0 Å². The molecule has 2 atom stereocenters. The van der Waals surface area contributed by atoms with Gasteiger partial charge in [0.1, 0.15) is 5.75 Å². The number of pyridine rings is 1. The van der Waals surface area contributed by atoms with Crippen molar-refractivity contribution < 1.29 is 5.11 Å². The van der Waals surface area contributed by atoms with Crippen LogP contribution in [0.1, 0.15) is 83.3 Å².